The maximum atomic E-state index is 14.8. The molecule has 0 aromatic heterocycles. The first kappa shape index (κ1) is 64.1. The summed E-state index contributed by atoms with van der Waals surface area (Å²) in [5, 5.41) is 7.61. The molecule has 3 aliphatic heterocycles. The standard InChI is InChI=1S/C58H91N9O12/c1-14-38(6)50(64(11)54(74)48(36(2)3)59-53(73)49(37(4)5)63(10)29-21-25-44(68)61-62-55(75)57(8,9)28-32-66-45(69)26-27-46(66)70)43(77-12)34-47(71)65-30-20-24-42(65)51(78-13)39(7)52(72)60-58(56(76)67-31-18-19-33-79-67)35-41(58)40-22-16-15-17-23-40/h15-17,22-23,26-27,36-39,41-43,48-51H,14,18-21,24-25,28-35H2,1-13H3,(H,59,73)(H,60,72)(H,61,68)(H,62,75)/t38-,39+,41?,42-,43+,48-,49-,50-,51+,58-/m0/s1. The average molecular weight is 1110 g/mol. The summed E-state index contributed by atoms with van der Waals surface area (Å²) >= 11 is 0. The van der Waals surface area contributed by atoms with Crippen molar-refractivity contribution in [2.45, 2.75) is 174 Å². The van der Waals surface area contributed by atoms with Gasteiger partial charge in [-0.25, -0.2) is 5.06 Å². The molecule has 79 heavy (non-hydrogen) atoms. The zero-order valence-corrected chi connectivity index (χ0v) is 49.1. The number of imide groups is 1. The van der Waals surface area contributed by atoms with Crippen LogP contribution in [0, 0.1) is 29.1 Å². The number of hydrogen-bond donors (Lipinski definition) is 4. The van der Waals surface area contributed by atoms with Crippen molar-refractivity contribution in [2.24, 2.45) is 29.1 Å². The van der Waals surface area contributed by atoms with E-state index in [1.54, 1.807) is 44.7 Å². The average Bonchev–Trinajstić information content (AvgIpc) is 3.74. The Morgan fingerprint density at radius 1 is 0.861 bits per heavy atom. The van der Waals surface area contributed by atoms with Gasteiger partial charge in [0.15, 0.2) is 0 Å². The Labute approximate surface area is 467 Å². The van der Waals surface area contributed by atoms with E-state index in [-0.39, 0.29) is 79.0 Å². The number of hydrazine groups is 1. The SMILES string of the molecule is CC[C@H](C)[C@@H]([C@@H](CC(=O)N1CCC[C@H]1[C@H](OC)[C@@H](C)C(=O)N[C@@]1(C(=O)N2CCCCO2)CC1c1ccccc1)OC)N(C)C(=O)[C@@H](NC(=O)[C@H](C(C)C)N(C)CCCC(=O)NNC(=O)C(C)(C)CCN1C(=O)C=CC1=O)C(C)C. The van der Waals surface area contributed by atoms with Gasteiger partial charge in [-0.15, -0.1) is 0 Å². The van der Waals surface area contributed by atoms with Gasteiger partial charge in [0.25, 0.3) is 17.7 Å². The van der Waals surface area contributed by atoms with E-state index >= 15 is 0 Å². The summed E-state index contributed by atoms with van der Waals surface area (Å²) in [6, 6.07) is 7.05. The van der Waals surface area contributed by atoms with Crippen LogP contribution in [0.2, 0.25) is 0 Å². The summed E-state index contributed by atoms with van der Waals surface area (Å²) in [5.41, 5.74) is 3.66. The number of nitrogens with zero attached hydrogens (tertiary/aromatic N) is 5. The monoisotopic (exact) mass is 1110 g/mol. The normalized spacial score (nSPS) is 22.1. The second kappa shape index (κ2) is 28.6. The molecule has 1 unspecified atom stereocenters. The lowest BCUT2D eigenvalue weighted by Gasteiger charge is -2.41. The van der Waals surface area contributed by atoms with Gasteiger partial charge in [-0.3, -0.25) is 68.6 Å². The minimum absolute atomic E-state index is 0.0366. The molecule has 21 heteroatoms. The van der Waals surface area contributed by atoms with Gasteiger partial charge in [0.05, 0.1) is 49.3 Å². The van der Waals surface area contributed by atoms with Crippen molar-refractivity contribution in [3.05, 3.63) is 48.0 Å². The molecular weight excluding hydrogens is 1010 g/mol. The van der Waals surface area contributed by atoms with Gasteiger partial charge in [-0.2, -0.15) is 0 Å². The van der Waals surface area contributed by atoms with Crippen LogP contribution in [0.5, 0.6) is 0 Å². The number of likely N-dealkylation sites (tertiary alicyclic amines) is 1. The van der Waals surface area contributed by atoms with Gasteiger partial charge in [-0.05, 0) is 81.9 Å². The van der Waals surface area contributed by atoms with E-state index in [2.05, 4.69) is 21.5 Å². The van der Waals surface area contributed by atoms with Crippen molar-refractivity contribution in [3.8, 4) is 0 Å². The molecule has 0 bridgehead atoms. The van der Waals surface area contributed by atoms with Crippen LogP contribution in [0.1, 0.15) is 138 Å². The Hall–Kier alpha value is -5.77. The third-order valence-electron chi connectivity index (χ3n) is 16.7. The van der Waals surface area contributed by atoms with Gasteiger partial charge >= 0.3 is 0 Å². The van der Waals surface area contributed by atoms with Crippen LogP contribution in [0.4, 0.5) is 0 Å². The molecule has 1 aliphatic carbocycles. The van der Waals surface area contributed by atoms with E-state index in [9.17, 15) is 43.2 Å². The Morgan fingerprint density at radius 2 is 1.53 bits per heavy atom. The van der Waals surface area contributed by atoms with E-state index in [0.29, 0.717) is 58.3 Å². The zero-order chi connectivity index (χ0) is 58.5. The highest BCUT2D eigenvalue weighted by Crippen LogP contribution is 2.53. The predicted molar refractivity (Wildman–Crippen MR) is 295 cm³/mol. The quantitative estimate of drug-likeness (QED) is 0.0689. The molecule has 2 saturated heterocycles. The van der Waals surface area contributed by atoms with Crippen LogP contribution in [-0.2, 0) is 57.5 Å². The molecule has 3 fully saturated rings. The maximum Gasteiger partial charge on any atom is 0.272 e. The van der Waals surface area contributed by atoms with Crippen LogP contribution < -0.4 is 21.5 Å². The highest BCUT2D eigenvalue weighted by molar-refractivity contribution is 6.12. The molecule has 10 atom stereocenters. The Morgan fingerprint density at radius 3 is 2.11 bits per heavy atom. The molecule has 9 amide bonds. The minimum atomic E-state index is -1.17. The molecule has 440 valence electrons. The van der Waals surface area contributed by atoms with Crippen LogP contribution in [0.15, 0.2) is 42.5 Å². The number of nitrogens with one attached hydrogen (secondary N) is 4. The Kier molecular flexibility index (Phi) is 23.2. The molecule has 0 radical (unpaired) electrons. The topological polar surface area (TPSA) is 246 Å². The summed E-state index contributed by atoms with van der Waals surface area (Å²) < 4.78 is 12.2. The Balaban J connectivity index is 1.19. The van der Waals surface area contributed by atoms with Gasteiger partial charge in [0.1, 0.15) is 11.6 Å². The van der Waals surface area contributed by atoms with Crippen molar-refractivity contribution in [2.75, 3.05) is 61.1 Å². The van der Waals surface area contributed by atoms with E-state index in [1.807, 2.05) is 76.8 Å². The molecule has 3 heterocycles. The second-order valence-corrected chi connectivity index (χ2v) is 23.5. The van der Waals surface area contributed by atoms with E-state index in [4.69, 9.17) is 14.3 Å². The molecule has 1 aromatic rings. The number of hydroxylamine groups is 2. The first-order valence-corrected chi connectivity index (χ1v) is 28.4. The van der Waals surface area contributed by atoms with Crippen molar-refractivity contribution in [1.82, 2.24) is 46.1 Å². The van der Waals surface area contributed by atoms with Gasteiger partial charge in [-0.1, -0.05) is 99.1 Å². The molecule has 1 saturated carbocycles. The Bertz CT molecular complexity index is 2320. The molecule has 0 spiro atoms. The molecule has 1 aromatic carbocycles. The fourth-order valence-corrected chi connectivity index (χ4v) is 11.5. The number of methoxy groups -OCH3 is 2. The highest BCUT2D eigenvalue weighted by atomic mass is 16.7. The minimum Gasteiger partial charge on any atom is -0.379 e. The van der Waals surface area contributed by atoms with E-state index in [1.165, 1.54) is 31.4 Å². The third-order valence-corrected chi connectivity index (χ3v) is 16.7. The molecule has 21 nitrogen and oxygen atoms in total. The fraction of sp³-hybridized carbons (Fsp3) is 0.707. The highest BCUT2D eigenvalue weighted by Gasteiger charge is 2.64. The van der Waals surface area contributed by atoms with Crippen LogP contribution in [-0.4, -0.2) is 181 Å². The fourth-order valence-electron chi connectivity index (χ4n) is 11.5. The lowest BCUT2D eigenvalue weighted by atomic mass is 9.88. The van der Waals surface area contributed by atoms with Crippen molar-refractivity contribution in [1.29, 1.82) is 0 Å². The molecular formula is C58H91N9O12. The van der Waals surface area contributed by atoms with Crippen LogP contribution >= 0.6 is 0 Å². The lowest BCUT2D eigenvalue weighted by molar-refractivity contribution is -0.200. The summed E-state index contributed by atoms with van der Waals surface area (Å²) in [6.45, 7) is 18.3. The van der Waals surface area contributed by atoms with Gasteiger partial charge in [0.2, 0.25) is 35.4 Å². The number of rotatable bonds is 28. The van der Waals surface area contributed by atoms with E-state index in [0.717, 1.165) is 23.3 Å². The summed E-state index contributed by atoms with van der Waals surface area (Å²) in [5.74, 6) is -4.93. The van der Waals surface area contributed by atoms with Gasteiger partial charge < -0.3 is 29.9 Å². The largest absolute Gasteiger partial charge is 0.379 e. The number of likely N-dealkylation sites (N-methyl/N-ethyl adjacent to an activating group) is 2. The van der Waals surface area contributed by atoms with Crippen molar-refractivity contribution in [3.63, 3.8) is 0 Å². The first-order chi connectivity index (χ1) is 37.3. The van der Waals surface area contributed by atoms with Crippen molar-refractivity contribution >= 4 is 53.2 Å². The lowest BCUT2D eigenvalue weighted by Crippen LogP contribution is -2.60. The molecule has 4 N–H and O–H groups in total. The zero-order valence-electron chi connectivity index (χ0n) is 49.1. The number of ether oxygens (including phenoxy) is 2. The summed E-state index contributed by atoms with van der Waals surface area (Å²) in [7, 11) is 6.53. The molecule has 5 rings (SSSR count). The van der Waals surface area contributed by atoms with Crippen molar-refractivity contribution < 1.29 is 57.5 Å². The smallest absolute Gasteiger partial charge is 0.272 e. The molecule has 4 aliphatic rings. The number of amides is 9. The maximum absolute atomic E-state index is 14.8. The number of benzene rings is 1. The number of carbonyl (C=O) groups excluding carboxylic acids is 9. The number of carbonyl (C=O) groups is 9. The van der Waals surface area contributed by atoms with E-state index < -0.39 is 76.9 Å². The number of hydrogen-bond acceptors (Lipinski definition) is 13. The summed E-state index contributed by atoms with van der Waals surface area (Å²) in [6.07, 6.45) is 5.46. The predicted octanol–water partition coefficient (Wildman–Crippen LogP) is 3.87. The van der Waals surface area contributed by atoms with Crippen LogP contribution in [0.25, 0.3) is 0 Å². The first-order valence-electron chi connectivity index (χ1n) is 28.4. The van der Waals surface area contributed by atoms with Crippen LogP contribution in [0.3, 0.4) is 0 Å². The second-order valence-electron chi connectivity index (χ2n) is 23.5. The third kappa shape index (κ3) is 15.8. The summed E-state index contributed by atoms with van der Waals surface area (Å²) in [4.78, 5) is 134. The van der Waals surface area contributed by atoms with Gasteiger partial charge in [0, 0.05) is 70.8 Å².